The zero-order chi connectivity index (χ0) is 14.3. The third-order valence-corrected chi connectivity index (χ3v) is 3.92. The lowest BCUT2D eigenvalue weighted by Gasteiger charge is -2.30. The molecule has 1 N–H and O–H groups in total. The Morgan fingerprint density at radius 2 is 1.90 bits per heavy atom. The molecular weight excluding hydrogens is 302 g/mol. The third kappa shape index (κ3) is 2.49. The van der Waals surface area contributed by atoms with Gasteiger partial charge in [-0.2, -0.15) is 0 Å². The first-order valence-corrected chi connectivity index (χ1v) is 6.89. The van der Waals surface area contributed by atoms with Crippen LogP contribution in [0.3, 0.4) is 0 Å². The Kier molecular flexibility index (Phi) is 3.59. The molecular formula is C15H11Cl2FO2. The summed E-state index contributed by atoms with van der Waals surface area (Å²) >= 11 is 12.1. The van der Waals surface area contributed by atoms with E-state index in [1.807, 2.05) is 0 Å². The van der Waals surface area contributed by atoms with E-state index < -0.39 is 18.0 Å². The van der Waals surface area contributed by atoms with Gasteiger partial charge in [-0.25, -0.2) is 4.39 Å². The number of aliphatic hydroxyl groups excluding tert-OH is 1. The Labute approximate surface area is 125 Å². The third-order valence-electron chi connectivity index (χ3n) is 3.34. The number of hydrogen-bond donors (Lipinski definition) is 1. The molecule has 2 atom stereocenters. The molecule has 0 bridgehead atoms. The van der Waals surface area contributed by atoms with Crippen molar-refractivity contribution in [2.24, 2.45) is 0 Å². The van der Waals surface area contributed by atoms with Gasteiger partial charge in [-0.3, -0.25) is 0 Å². The Balaban J connectivity index is 1.99. The minimum atomic E-state index is -0.797. The number of fused-ring (bicyclic) bond motifs is 1. The molecule has 20 heavy (non-hydrogen) atoms. The van der Waals surface area contributed by atoms with Gasteiger partial charge in [-0.15, -0.1) is 0 Å². The molecule has 3 rings (SSSR count). The first-order chi connectivity index (χ1) is 9.54. The fourth-order valence-corrected chi connectivity index (χ4v) is 2.79. The maximum atomic E-state index is 13.2. The maximum Gasteiger partial charge on any atom is 0.128 e. The second-order valence-corrected chi connectivity index (χ2v) is 5.55. The van der Waals surface area contributed by atoms with E-state index in [-0.39, 0.29) is 0 Å². The van der Waals surface area contributed by atoms with E-state index in [0.29, 0.717) is 33.3 Å². The van der Waals surface area contributed by atoms with Crippen LogP contribution in [0.2, 0.25) is 10.0 Å². The molecule has 0 radical (unpaired) electrons. The van der Waals surface area contributed by atoms with Crippen LogP contribution in [0.4, 0.5) is 4.39 Å². The largest absolute Gasteiger partial charge is 0.485 e. The first kappa shape index (κ1) is 13.7. The molecule has 0 spiro atoms. The average Bonchev–Trinajstić information content (AvgIpc) is 2.42. The lowest BCUT2D eigenvalue weighted by molar-refractivity contribution is 0.0654. The number of aliphatic hydroxyl groups is 1. The predicted molar refractivity (Wildman–Crippen MR) is 75.8 cm³/mol. The van der Waals surface area contributed by atoms with Gasteiger partial charge in [0.05, 0.1) is 6.10 Å². The van der Waals surface area contributed by atoms with Gasteiger partial charge >= 0.3 is 0 Å². The van der Waals surface area contributed by atoms with Gasteiger partial charge in [0.15, 0.2) is 0 Å². The SMILES string of the molecule is OC1CC(c2cc(Cl)ccc2Cl)Oc2ccc(F)cc21. The van der Waals surface area contributed by atoms with Crippen molar-refractivity contribution in [1.82, 2.24) is 0 Å². The van der Waals surface area contributed by atoms with Gasteiger partial charge in [0.2, 0.25) is 0 Å². The molecule has 0 aliphatic carbocycles. The van der Waals surface area contributed by atoms with Crippen molar-refractivity contribution in [3.05, 3.63) is 63.4 Å². The fourth-order valence-electron chi connectivity index (χ4n) is 2.37. The molecule has 0 aromatic heterocycles. The summed E-state index contributed by atoms with van der Waals surface area (Å²) in [4.78, 5) is 0. The summed E-state index contributed by atoms with van der Waals surface area (Å²) in [7, 11) is 0. The molecule has 1 heterocycles. The Morgan fingerprint density at radius 1 is 1.10 bits per heavy atom. The highest BCUT2D eigenvalue weighted by Crippen LogP contribution is 2.43. The molecule has 0 fully saturated rings. The van der Waals surface area contributed by atoms with Crippen molar-refractivity contribution >= 4 is 23.2 Å². The molecule has 2 unspecified atom stereocenters. The van der Waals surface area contributed by atoms with Gasteiger partial charge in [-0.05, 0) is 36.4 Å². The van der Waals surface area contributed by atoms with Crippen molar-refractivity contribution in [2.75, 3.05) is 0 Å². The summed E-state index contributed by atoms with van der Waals surface area (Å²) in [6.07, 6.45) is -0.903. The lowest BCUT2D eigenvalue weighted by Crippen LogP contribution is -2.19. The van der Waals surface area contributed by atoms with E-state index >= 15 is 0 Å². The topological polar surface area (TPSA) is 29.5 Å². The van der Waals surface area contributed by atoms with E-state index in [1.54, 1.807) is 18.2 Å². The molecule has 0 saturated carbocycles. The monoisotopic (exact) mass is 312 g/mol. The normalized spacial score (nSPS) is 21.2. The van der Waals surface area contributed by atoms with E-state index in [2.05, 4.69) is 0 Å². The van der Waals surface area contributed by atoms with Crippen molar-refractivity contribution in [3.8, 4) is 5.75 Å². The standard InChI is InChI=1S/C15H11Cl2FO2/c16-8-1-3-12(17)10(5-8)15-7-13(19)11-6-9(18)2-4-14(11)20-15/h1-6,13,15,19H,7H2. The molecule has 2 aromatic rings. The van der Waals surface area contributed by atoms with Gasteiger partial charge in [0, 0.05) is 27.6 Å². The molecule has 2 aromatic carbocycles. The number of ether oxygens (including phenoxy) is 1. The Hall–Kier alpha value is -1.29. The van der Waals surface area contributed by atoms with Gasteiger partial charge < -0.3 is 9.84 Å². The predicted octanol–water partition coefficient (Wildman–Crippen LogP) is 4.69. The highest BCUT2D eigenvalue weighted by atomic mass is 35.5. The highest BCUT2D eigenvalue weighted by molar-refractivity contribution is 6.33. The summed E-state index contributed by atoms with van der Waals surface area (Å²) in [5.41, 5.74) is 1.17. The van der Waals surface area contributed by atoms with Crippen LogP contribution in [0.5, 0.6) is 5.75 Å². The Morgan fingerprint density at radius 3 is 2.70 bits per heavy atom. The second-order valence-electron chi connectivity index (χ2n) is 4.71. The first-order valence-electron chi connectivity index (χ1n) is 6.13. The molecule has 0 amide bonds. The van der Waals surface area contributed by atoms with Crippen LogP contribution in [0, 0.1) is 5.82 Å². The van der Waals surface area contributed by atoms with Crippen LogP contribution in [0.15, 0.2) is 36.4 Å². The fraction of sp³-hybridized carbons (Fsp3) is 0.200. The van der Waals surface area contributed by atoms with E-state index in [0.717, 1.165) is 0 Å². The average molecular weight is 313 g/mol. The summed E-state index contributed by atoms with van der Waals surface area (Å²) in [5, 5.41) is 11.2. The van der Waals surface area contributed by atoms with Crippen LogP contribution in [-0.4, -0.2) is 5.11 Å². The minimum Gasteiger partial charge on any atom is -0.485 e. The summed E-state index contributed by atoms with van der Waals surface area (Å²) in [6, 6.07) is 9.20. The minimum absolute atomic E-state index is 0.302. The van der Waals surface area contributed by atoms with Crippen LogP contribution < -0.4 is 4.74 Å². The molecule has 5 heteroatoms. The number of benzene rings is 2. The zero-order valence-electron chi connectivity index (χ0n) is 10.3. The highest BCUT2D eigenvalue weighted by Gasteiger charge is 2.29. The van der Waals surface area contributed by atoms with E-state index in [9.17, 15) is 9.50 Å². The van der Waals surface area contributed by atoms with E-state index in [4.69, 9.17) is 27.9 Å². The quantitative estimate of drug-likeness (QED) is 0.827. The maximum absolute atomic E-state index is 13.2. The molecule has 0 saturated heterocycles. The zero-order valence-corrected chi connectivity index (χ0v) is 11.8. The number of halogens is 3. The molecule has 2 nitrogen and oxygen atoms in total. The number of hydrogen-bond acceptors (Lipinski definition) is 2. The van der Waals surface area contributed by atoms with Crippen LogP contribution in [0.1, 0.15) is 29.8 Å². The second kappa shape index (κ2) is 5.24. The van der Waals surface area contributed by atoms with Crippen molar-refractivity contribution in [2.45, 2.75) is 18.6 Å². The van der Waals surface area contributed by atoms with Crippen molar-refractivity contribution in [3.63, 3.8) is 0 Å². The van der Waals surface area contributed by atoms with Gasteiger partial charge in [0.25, 0.3) is 0 Å². The van der Waals surface area contributed by atoms with Crippen molar-refractivity contribution in [1.29, 1.82) is 0 Å². The summed E-state index contributed by atoms with van der Waals surface area (Å²) in [6.45, 7) is 0. The molecule has 104 valence electrons. The molecule has 1 aliphatic heterocycles. The van der Waals surface area contributed by atoms with Crippen molar-refractivity contribution < 1.29 is 14.2 Å². The molecule has 1 aliphatic rings. The van der Waals surface area contributed by atoms with Crippen LogP contribution in [0.25, 0.3) is 0 Å². The smallest absolute Gasteiger partial charge is 0.128 e. The van der Waals surface area contributed by atoms with E-state index in [1.165, 1.54) is 18.2 Å². The van der Waals surface area contributed by atoms with Gasteiger partial charge in [0.1, 0.15) is 17.7 Å². The lowest BCUT2D eigenvalue weighted by atomic mass is 9.95. The summed E-state index contributed by atoms with van der Waals surface area (Å²) in [5.74, 6) is 0.0665. The Bertz CT molecular complexity index is 660. The summed E-state index contributed by atoms with van der Waals surface area (Å²) < 4.78 is 19.0. The number of rotatable bonds is 1. The van der Waals surface area contributed by atoms with Gasteiger partial charge in [-0.1, -0.05) is 23.2 Å². The van der Waals surface area contributed by atoms with Crippen LogP contribution in [-0.2, 0) is 0 Å². The van der Waals surface area contributed by atoms with Crippen LogP contribution >= 0.6 is 23.2 Å².